The fraction of sp³-hybridized carbons (Fsp3) is 0.500. The molecule has 0 bridgehead atoms. The lowest BCUT2D eigenvalue weighted by molar-refractivity contribution is 0.595. The van der Waals surface area contributed by atoms with Crippen LogP contribution < -0.4 is 5.73 Å². The van der Waals surface area contributed by atoms with E-state index in [-0.39, 0.29) is 0 Å². The van der Waals surface area contributed by atoms with Gasteiger partial charge in [0.05, 0.1) is 0 Å². The second-order valence-corrected chi connectivity index (χ2v) is 5.54. The Morgan fingerprint density at radius 3 is 2.57 bits per heavy atom. The second kappa shape index (κ2) is 8.63. The molecule has 0 aliphatic heterocycles. The van der Waals surface area contributed by atoms with Gasteiger partial charge >= 0.3 is 0 Å². The van der Waals surface area contributed by atoms with Crippen LogP contribution in [0.3, 0.4) is 0 Å². The van der Waals surface area contributed by atoms with Crippen molar-refractivity contribution in [1.29, 1.82) is 0 Å². The Balaban J connectivity index is 2.15. The van der Waals surface area contributed by atoms with Crippen LogP contribution in [0, 0.1) is 0 Å². The molecule has 2 rings (SSSR count). The van der Waals surface area contributed by atoms with Crippen LogP contribution in [0.5, 0.6) is 0 Å². The van der Waals surface area contributed by atoms with Crippen molar-refractivity contribution in [3.63, 3.8) is 0 Å². The van der Waals surface area contributed by atoms with Gasteiger partial charge in [0.2, 0.25) is 0 Å². The molecule has 3 nitrogen and oxygen atoms in total. The van der Waals surface area contributed by atoms with Crippen molar-refractivity contribution in [2.24, 2.45) is 5.73 Å². The molecule has 0 fully saturated rings. The molecule has 0 unspecified atom stereocenters. The highest BCUT2D eigenvalue weighted by atomic mass is 15.1. The summed E-state index contributed by atoms with van der Waals surface area (Å²) < 4.78 is 2.40. The van der Waals surface area contributed by atoms with Gasteiger partial charge in [-0.15, -0.1) is 0 Å². The van der Waals surface area contributed by atoms with E-state index in [4.69, 9.17) is 5.73 Å². The number of unbranched alkanes of at least 4 members (excludes halogenated alkanes) is 3. The largest absolute Gasteiger partial charge is 0.330 e. The Kier molecular flexibility index (Phi) is 6.48. The summed E-state index contributed by atoms with van der Waals surface area (Å²) in [5.74, 6) is 1.11. The summed E-state index contributed by atoms with van der Waals surface area (Å²) in [6, 6.07) is 10.5. The highest BCUT2D eigenvalue weighted by Gasteiger charge is 2.11. The van der Waals surface area contributed by atoms with Gasteiger partial charge in [-0.2, -0.15) is 0 Å². The molecule has 1 aromatic heterocycles. The van der Waals surface area contributed by atoms with Crippen LogP contribution >= 0.6 is 0 Å². The molecule has 2 aromatic rings. The molecule has 0 atom stereocenters. The molecular weight excluding hydrogens is 258 g/mol. The van der Waals surface area contributed by atoms with Crippen molar-refractivity contribution in [3.05, 3.63) is 42.2 Å². The first-order valence-corrected chi connectivity index (χ1v) is 8.16. The highest BCUT2D eigenvalue weighted by Crippen LogP contribution is 2.21. The molecular formula is C18H27N3. The van der Waals surface area contributed by atoms with E-state index >= 15 is 0 Å². The summed E-state index contributed by atoms with van der Waals surface area (Å²) in [6.07, 6.45) is 9.09. The monoisotopic (exact) mass is 285 g/mol. The van der Waals surface area contributed by atoms with Gasteiger partial charge in [0.15, 0.2) is 0 Å². The van der Waals surface area contributed by atoms with Gasteiger partial charge in [-0.3, -0.25) is 0 Å². The maximum Gasteiger partial charge on any atom is 0.140 e. The maximum atomic E-state index is 5.57. The van der Waals surface area contributed by atoms with Gasteiger partial charge in [-0.25, -0.2) is 4.98 Å². The average Bonchev–Trinajstić information content (AvgIpc) is 2.93. The van der Waals surface area contributed by atoms with E-state index in [2.05, 4.69) is 53.0 Å². The number of benzene rings is 1. The summed E-state index contributed by atoms with van der Waals surface area (Å²) in [6.45, 7) is 4.09. The van der Waals surface area contributed by atoms with E-state index in [1.54, 1.807) is 0 Å². The smallest absolute Gasteiger partial charge is 0.140 e. The first-order valence-electron chi connectivity index (χ1n) is 8.16. The Morgan fingerprint density at radius 2 is 1.86 bits per heavy atom. The first kappa shape index (κ1) is 15.8. The molecule has 0 saturated heterocycles. The zero-order valence-corrected chi connectivity index (χ0v) is 13.1. The van der Waals surface area contributed by atoms with Crippen molar-refractivity contribution >= 4 is 0 Å². The Bertz CT molecular complexity index is 517. The van der Waals surface area contributed by atoms with Gasteiger partial charge in [-0.1, -0.05) is 50.1 Å². The van der Waals surface area contributed by atoms with Crippen LogP contribution in [-0.2, 0) is 13.0 Å². The van der Waals surface area contributed by atoms with Crippen molar-refractivity contribution in [2.75, 3.05) is 6.54 Å². The summed E-state index contributed by atoms with van der Waals surface area (Å²) in [7, 11) is 0. The number of aromatic nitrogens is 2. The van der Waals surface area contributed by atoms with Crippen LogP contribution in [-0.4, -0.2) is 16.1 Å². The Morgan fingerprint density at radius 1 is 1.05 bits per heavy atom. The zero-order valence-electron chi connectivity index (χ0n) is 13.1. The summed E-state index contributed by atoms with van der Waals surface area (Å²) in [5, 5.41) is 0. The zero-order chi connectivity index (χ0) is 14.9. The molecule has 3 heteroatoms. The highest BCUT2D eigenvalue weighted by molar-refractivity contribution is 5.55. The molecule has 1 aromatic carbocycles. The summed E-state index contributed by atoms with van der Waals surface area (Å²) in [4.78, 5) is 4.68. The SMILES string of the molecule is CCCCn1c(CCCCCN)cnc1-c1ccccc1. The third kappa shape index (κ3) is 4.43. The van der Waals surface area contributed by atoms with E-state index in [1.165, 1.54) is 36.9 Å². The predicted octanol–water partition coefficient (Wildman–Crippen LogP) is 4.02. The molecule has 0 spiro atoms. The van der Waals surface area contributed by atoms with E-state index < -0.39 is 0 Å². The standard InChI is InChI=1S/C18H27N3/c1-2-3-14-21-17(12-8-5-9-13-19)15-20-18(21)16-10-6-4-7-11-16/h4,6-7,10-11,15H,2-3,5,8-9,12-14,19H2,1H3. The van der Waals surface area contributed by atoms with Crippen LogP contribution in [0.2, 0.25) is 0 Å². The number of imidazole rings is 1. The third-order valence-corrected chi connectivity index (χ3v) is 3.84. The van der Waals surface area contributed by atoms with Gasteiger partial charge in [-0.05, 0) is 32.2 Å². The maximum absolute atomic E-state index is 5.57. The van der Waals surface area contributed by atoms with Crippen LogP contribution in [0.1, 0.15) is 44.7 Å². The molecule has 114 valence electrons. The Labute approximate surface area is 128 Å². The third-order valence-electron chi connectivity index (χ3n) is 3.84. The minimum Gasteiger partial charge on any atom is -0.330 e. The molecule has 0 aliphatic rings. The Hall–Kier alpha value is -1.61. The number of aryl methyl sites for hydroxylation is 1. The number of rotatable bonds is 9. The van der Waals surface area contributed by atoms with Crippen LogP contribution in [0.15, 0.2) is 36.5 Å². The molecule has 21 heavy (non-hydrogen) atoms. The average molecular weight is 285 g/mol. The van der Waals surface area contributed by atoms with Gasteiger partial charge in [0, 0.05) is 24.0 Å². The number of hydrogen-bond donors (Lipinski definition) is 1. The summed E-state index contributed by atoms with van der Waals surface area (Å²) in [5.41, 5.74) is 8.14. The van der Waals surface area contributed by atoms with E-state index in [0.717, 1.165) is 31.8 Å². The first-order chi connectivity index (χ1) is 10.4. The number of nitrogens with zero attached hydrogens (tertiary/aromatic N) is 2. The van der Waals surface area contributed by atoms with Gasteiger partial charge in [0.25, 0.3) is 0 Å². The predicted molar refractivity (Wildman–Crippen MR) is 89.2 cm³/mol. The second-order valence-electron chi connectivity index (χ2n) is 5.54. The van der Waals surface area contributed by atoms with Gasteiger partial charge in [0.1, 0.15) is 5.82 Å². The molecule has 2 N–H and O–H groups in total. The van der Waals surface area contributed by atoms with Crippen molar-refractivity contribution in [3.8, 4) is 11.4 Å². The number of hydrogen-bond acceptors (Lipinski definition) is 2. The van der Waals surface area contributed by atoms with Crippen molar-refractivity contribution in [1.82, 2.24) is 9.55 Å². The summed E-state index contributed by atoms with van der Waals surface area (Å²) >= 11 is 0. The fourth-order valence-electron chi connectivity index (χ4n) is 2.62. The van der Waals surface area contributed by atoms with Crippen LogP contribution in [0.25, 0.3) is 11.4 Å². The molecule has 0 radical (unpaired) electrons. The van der Waals surface area contributed by atoms with E-state index in [0.29, 0.717) is 0 Å². The van der Waals surface area contributed by atoms with Crippen LogP contribution in [0.4, 0.5) is 0 Å². The quantitative estimate of drug-likeness (QED) is 0.707. The van der Waals surface area contributed by atoms with Crippen molar-refractivity contribution in [2.45, 2.75) is 52.0 Å². The molecule has 0 saturated carbocycles. The topological polar surface area (TPSA) is 43.8 Å². The lowest BCUT2D eigenvalue weighted by Gasteiger charge is -2.12. The lowest BCUT2D eigenvalue weighted by atomic mass is 10.1. The molecule has 1 heterocycles. The minimum absolute atomic E-state index is 0.796. The molecule has 0 aliphatic carbocycles. The normalized spacial score (nSPS) is 11.0. The fourth-order valence-corrected chi connectivity index (χ4v) is 2.62. The van der Waals surface area contributed by atoms with Crippen molar-refractivity contribution < 1.29 is 0 Å². The molecule has 0 amide bonds. The van der Waals surface area contributed by atoms with E-state index in [9.17, 15) is 0 Å². The minimum atomic E-state index is 0.796. The van der Waals surface area contributed by atoms with Gasteiger partial charge < -0.3 is 10.3 Å². The number of nitrogens with two attached hydrogens (primary N) is 1. The van der Waals surface area contributed by atoms with E-state index in [1.807, 2.05) is 0 Å². The lowest BCUT2D eigenvalue weighted by Crippen LogP contribution is -2.06.